The molecule has 4 bridgehead atoms. The molecule has 5 rings (SSSR count). The van der Waals surface area contributed by atoms with E-state index in [0.29, 0.717) is 16.8 Å². The number of aromatic nitrogens is 1. The van der Waals surface area contributed by atoms with E-state index in [0.717, 1.165) is 17.8 Å². The lowest BCUT2D eigenvalue weighted by Gasteiger charge is -2.59. The predicted molar refractivity (Wildman–Crippen MR) is 88.3 cm³/mol. The van der Waals surface area contributed by atoms with Crippen LogP contribution in [0.2, 0.25) is 0 Å². The third-order valence-corrected chi connectivity index (χ3v) is 6.66. The van der Waals surface area contributed by atoms with Crippen molar-refractivity contribution < 1.29 is 9.59 Å². The Morgan fingerprint density at radius 2 is 1.61 bits per heavy atom. The van der Waals surface area contributed by atoms with Crippen molar-refractivity contribution >= 4 is 11.7 Å². The average Bonchev–Trinajstić information content (AvgIpc) is 2.95. The maximum atomic E-state index is 12.5. The summed E-state index contributed by atoms with van der Waals surface area (Å²) >= 11 is 0. The highest BCUT2D eigenvalue weighted by molar-refractivity contribution is 5.97. The molecule has 1 aromatic rings. The zero-order chi connectivity index (χ0) is 16.2. The molecule has 23 heavy (non-hydrogen) atoms. The average molecular weight is 314 g/mol. The molecular formula is C19H26N2O2. The van der Waals surface area contributed by atoms with E-state index in [1.165, 1.54) is 45.4 Å². The Hall–Kier alpha value is -1.58. The lowest BCUT2D eigenvalue weighted by atomic mass is 9.48. The fourth-order valence-electron chi connectivity index (χ4n) is 5.87. The maximum Gasteiger partial charge on any atom is 0.267 e. The zero-order valence-electron chi connectivity index (χ0n) is 14.0. The number of aromatic amines is 1. The SMILES string of the molecule is CC(=O)c1ccc(C(=O)NC(C)C23CC4CC(CC(C4)C2)C3)[nH]1. The van der Waals surface area contributed by atoms with Crippen molar-refractivity contribution in [2.24, 2.45) is 23.2 Å². The minimum Gasteiger partial charge on any atom is -0.348 e. The van der Waals surface area contributed by atoms with Gasteiger partial charge in [0.25, 0.3) is 5.91 Å². The van der Waals surface area contributed by atoms with Gasteiger partial charge in [0, 0.05) is 13.0 Å². The Bertz CT molecular complexity index is 610. The molecule has 4 aliphatic rings. The van der Waals surface area contributed by atoms with Crippen LogP contribution in [-0.4, -0.2) is 22.7 Å². The van der Waals surface area contributed by atoms with Crippen LogP contribution in [0.15, 0.2) is 12.1 Å². The summed E-state index contributed by atoms with van der Waals surface area (Å²) in [5.74, 6) is 2.53. The highest BCUT2D eigenvalue weighted by Crippen LogP contribution is 2.61. The van der Waals surface area contributed by atoms with Gasteiger partial charge in [0.1, 0.15) is 5.69 Å². The summed E-state index contributed by atoms with van der Waals surface area (Å²) in [5.41, 5.74) is 1.30. The van der Waals surface area contributed by atoms with Crippen molar-refractivity contribution in [1.29, 1.82) is 0 Å². The van der Waals surface area contributed by atoms with Crippen LogP contribution >= 0.6 is 0 Å². The molecule has 124 valence electrons. The van der Waals surface area contributed by atoms with Crippen molar-refractivity contribution in [3.63, 3.8) is 0 Å². The number of ketones is 1. The minimum absolute atomic E-state index is 0.0433. The normalized spacial score (nSPS) is 36.0. The Morgan fingerprint density at radius 1 is 1.09 bits per heavy atom. The molecule has 4 fully saturated rings. The Morgan fingerprint density at radius 3 is 2.09 bits per heavy atom. The second kappa shape index (κ2) is 5.22. The van der Waals surface area contributed by atoms with Crippen LogP contribution in [0.4, 0.5) is 0 Å². The van der Waals surface area contributed by atoms with Crippen LogP contribution in [0.1, 0.15) is 73.3 Å². The topological polar surface area (TPSA) is 62.0 Å². The van der Waals surface area contributed by atoms with Gasteiger partial charge < -0.3 is 10.3 Å². The molecule has 0 spiro atoms. The lowest BCUT2D eigenvalue weighted by Crippen LogP contribution is -2.55. The van der Waals surface area contributed by atoms with Crippen LogP contribution in [0.5, 0.6) is 0 Å². The number of nitrogens with one attached hydrogen (secondary N) is 2. The molecule has 0 saturated heterocycles. The van der Waals surface area contributed by atoms with Gasteiger partial charge in [-0.05, 0) is 80.8 Å². The summed E-state index contributed by atoms with van der Waals surface area (Å²) in [5, 5.41) is 3.22. The van der Waals surface area contributed by atoms with E-state index in [1.54, 1.807) is 12.1 Å². The first kappa shape index (κ1) is 15.0. The van der Waals surface area contributed by atoms with Gasteiger partial charge >= 0.3 is 0 Å². The summed E-state index contributed by atoms with van der Waals surface area (Å²) in [4.78, 5) is 26.8. The lowest BCUT2D eigenvalue weighted by molar-refractivity contribution is -0.0688. The highest BCUT2D eigenvalue weighted by atomic mass is 16.2. The van der Waals surface area contributed by atoms with E-state index in [1.807, 2.05) is 0 Å². The van der Waals surface area contributed by atoms with Crippen LogP contribution in [0, 0.1) is 23.2 Å². The van der Waals surface area contributed by atoms with Crippen LogP contribution < -0.4 is 5.32 Å². The number of carbonyl (C=O) groups is 2. The van der Waals surface area contributed by atoms with Crippen molar-refractivity contribution in [1.82, 2.24) is 10.3 Å². The van der Waals surface area contributed by atoms with Crippen molar-refractivity contribution in [2.45, 2.75) is 58.4 Å². The van der Waals surface area contributed by atoms with Crippen LogP contribution in [0.3, 0.4) is 0 Å². The molecule has 1 aromatic heterocycles. The molecule has 1 amide bonds. The molecule has 4 aliphatic carbocycles. The fourth-order valence-corrected chi connectivity index (χ4v) is 5.87. The van der Waals surface area contributed by atoms with Gasteiger partial charge in [-0.25, -0.2) is 0 Å². The smallest absolute Gasteiger partial charge is 0.267 e. The number of rotatable bonds is 4. The Labute approximate surface area is 137 Å². The van der Waals surface area contributed by atoms with Crippen molar-refractivity contribution in [2.75, 3.05) is 0 Å². The number of hydrogen-bond acceptors (Lipinski definition) is 2. The summed E-state index contributed by atoms with van der Waals surface area (Å²) in [6.07, 6.45) is 8.09. The van der Waals surface area contributed by atoms with Crippen LogP contribution in [0.25, 0.3) is 0 Å². The van der Waals surface area contributed by atoms with Gasteiger partial charge in [-0.3, -0.25) is 9.59 Å². The highest BCUT2D eigenvalue weighted by Gasteiger charge is 2.53. The Balaban J connectivity index is 1.48. The number of hydrogen-bond donors (Lipinski definition) is 2. The quantitative estimate of drug-likeness (QED) is 0.835. The van der Waals surface area contributed by atoms with E-state index < -0.39 is 0 Å². The predicted octanol–water partition coefficient (Wildman–Crippen LogP) is 3.55. The fraction of sp³-hybridized carbons (Fsp3) is 0.684. The third-order valence-electron chi connectivity index (χ3n) is 6.66. The number of H-pyrrole nitrogens is 1. The number of Topliss-reactive ketones (excluding diaryl/α,β-unsaturated/α-hetero) is 1. The summed E-state index contributed by atoms with van der Waals surface area (Å²) < 4.78 is 0. The first-order valence-electron chi connectivity index (χ1n) is 8.96. The largest absolute Gasteiger partial charge is 0.348 e. The minimum atomic E-state index is -0.0826. The first-order valence-corrected chi connectivity index (χ1v) is 8.96. The first-order chi connectivity index (χ1) is 10.9. The molecule has 1 atom stereocenters. The van der Waals surface area contributed by atoms with E-state index in [9.17, 15) is 9.59 Å². The standard InChI is InChI=1S/C19H26N2O2/c1-11(22)16-3-4-17(21-16)18(23)20-12(2)19-8-13-5-14(9-19)7-15(6-13)10-19/h3-4,12-15,21H,5-10H2,1-2H3,(H,20,23). The molecule has 1 heterocycles. The van der Waals surface area contributed by atoms with Gasteiger partial charge in [0.15, 0.2) is 5.78 Å². The molecule has 4 heteroatoms. The second-order valence-electron chi connectivity index (χ2n) is 8.32. The summed E-state index contributed by atoms with van der Waals surface area (Å²) in [6.45, 7) is 3.69. The zero-order valence-corrected chi connectivity index (χ0v) is 14.0. The van der Waals surface area contributed by atoms with Gasteiger partial charge in [-0.15, -0.1) is 0 Å². The van der Waals surface area contributed by atoms with Crippen molar-refractivity contribution in [3.8, 4) is 0 Å². The van der Waals surface area contributed by atoms with Gasteiger partial charge in [-0.1, -0.05) is 0 Å². The molecule has 4 saturated carbocycles. The molecule has 0 aliphatic heterocycles. The summed E-state index contributed by atoms with van der Waals surface area (Å²) in [6, 6.07) is 3.60. The van der Waals surface area contributed by atoms with Crippen molar-refractivity contribution in [3.05, 3.63) is 23.5 Å². The molecule has 0 aromatic carbocycles. The van der Waals surface area contributed by atoms with E-state index in [4.69, 9.17) is 0 Å². The van der Waals surface area contributed by atoms with Gasteiger partial charge in [0.2, 0.25) is 0 Å². The van der Waals surface area contributed by atoms with E-state index in [-0.39, 0.29) is 17.7 Å². The molecule has 0 radical (unpaired) electrons. The molecule has 1 unspecified atom stereocenters. The van der Waals surface area contributed by atoms with Gasteiger partial charge in [-0.2, -0.15) is 0 Å². The van der Waals surface area contributed by atoms with E-state index >= 15 is 0 Å². The van der Waals surface area contributed by atoms with E-state index in [2.05, 4.69) is 17.2 Å². The summed E-state index contributed by atoms with van der Waals surface area (Å²) in [7, 11) is 0. The number of amides is 1. The maximum absolute atomic E-state index is 12.5. The molecule has 2 N–H and O–H groups in total. The Kier molecular flexibility index (Phi) is 3.40. The molecular weight excluding hydrogens is 288 g/mol. The van der Waals surface area contributed by atoms with Crippen LogP contribution in [-0.2, 0) is 0 Å². The molecule has 4 nitrogen and oxygen atoms in total. The van der Waals surface area contributed by atoms with Gasteiger partial charge in [0.05, 0.1) is 5.69 Å². The second-order valence-corrected chi connectivity index (χ2v) is 8.32. The monoisotopic (exact) mass is 314 g/mol. The number of carbonyl (C=O) groups excluding carboxylic acids is 2. The third kappa shape index (κ3) is 2.52.